The van der Waals surface area contributed by atoms with Crippen molar-refractivity contribution in [1.82, 2.24) is 14.9 Å². The lowest BCUT2D eigenvalue weighted by molar-refractivity contribution is 0.0953. The van der Waals surface area contributed by atoms with Gasteiger partial charge in [-0.3, -0.25) is 4.79 Å². The van der Waals surface area contributed by atoms with E-state index in [2.05, 4.69) is 14.9 Å². The Bertz CT molecular complexity index is 640. The minimum Gasteiger partial charge on any atom is -0.496 e. The Kier molecular flexibility index (Phi) is 4.74. The average molecular weight is 306 g/mol. The van der Waals surface area contributed by atoms with Crippen LogP contribution in [0.25, 0.3) is 0 Å². The quantitative estimate of drug-likeness (QED) is 0.826. The lowest BCUT2D eigenvalue weighted by atomic mass is 10.1. The molecule has 1 aromatic heterocycles. The third kappa shape index (κ3) is 3.49. The summed E-state index contributed by atoms with van der Waals surface area (Å²) in [5.41, 5.74) is 7.94. The molecule has 0 fully saturated rings. The summed E-state index contributed by atoms with van der Waals surface area (Å²) in [6, 6.07) is 5.33. The summed E-state index contributed by atoms with van der Waals surface area (Å²) in [7, 11) is 1.58. The third-order valence-corrected chi connectivity index (χ3v) is 3.75. The molecule has 0 aliphatic carbocycles. The van der Waals surface area contributed by atoms with Crippen LogP contribution in [0.5, 0.6) is 5.75 Å². The van der Waals surface area contributed by atoms with Crippen LogP contribution in [0.3, 0.4) is 0 Å². The monoisotopic (exact) mass is 306 g/mol. The molecule has 0 unspecified atom stereocenters. The van der Waals surface area contributed by atoms with E-state index >= 15 is 0 Å². The van der Waals surface area contributed by atoms with E-state index in [1.165, 1.54) is 0 Å². The fraction of sp³-hybridized carbons (Fsp3) is 0.357. The van der Waals surface area contributed by atoms with Crippen molar-refractivity contribution in [3.05, 3.63) is 34.3 Å². The number of carbonyl (C=O) groups excluding carboxylic acids is 1. The normalized spacial score (nSPS) is 10.7. The van der Waals surface area contributed by atoms with Gasteiger partial charge in [0.05, 0.1) is 12.8 Å². The predicted molar refractivity (Wildman–Crippen MR) is 82.6 cm³/mol. The van der Waals surface area contributed by atoms with Crippen LogP contribution in [0.2, 0.25) is 0 Å². The molecule has 0 saturated carbocycles. The lowest BCUT2D eigenvalue weighted by Gasteiger charge is -2.10. The van der Waals surface area contributed by atoms with Gasteiger partial charge in [0, 0.05) is 17.8 Å². The molecular weight excluding hydrogens is 288 g/mol. The summed E-state index contributed by atoms with van der Waals surface area (Å²) in [5.74, 6) is 0.667. The number of amides is 1. The van der Waals surface area contributed by atoms with Gasteiger partial charge in [0.2, 0.25) is 0 Å². The number of nitrogens with zero attached hydrogens (tertiary/aromatic N) is 2. The van der Waals surface area contributed by atoms with Gasteiger partial charge in [-0.1, -0.05) is 18.3 Å². The van der Waals surface area contributed by atoms with Gasteiger partial charge in [0.15, 0.2) is 0 Å². The second kappa shape index (κ2) is 6.53. The SMILES string of the molecule is COc1ccc(N)cc1CNC(=O)c1snnc1C(C)C. The number of nitrogens with two attached hydrogens (primary N) is 1. The molecular formula is C14H18N4O2S. The summed E-state index contributed by atoms with van der Waals surface area (Å²) in [4.78, 5) is 12.8. The maximum Gasteiger partial charge on any atom is 0.265 e. The minimum atomic E-state index is -0.182. The van der Waals surface area contributed by atoms with Crippen LogP contribution >= 0.6 is 11.5 Å². The number of rotatable bonds is 5. The van der Waals surface area contributed by atoms with Gasteiger partial charge in [-0.15, -0.1) is 5.10 Å². The highest BCUT2D eigenvalue weighted by Crippen LogP contribution is 2.22. The van der Waals surface area contributed by atoms with Crippen molar-refractivity contribution in [3.63, 3.8) is 0 Å². The van der Waals surface area contributed by atoms with Gasteiger partial charge >= 0.3 is 0 Å². The van der Waals surface area contributed by atoms with E-state index in [9.17, 15) is 4.79 Å². The summed E-state index contributed by atoms with van der Waals surface area (Å²) in [6.07, 6.45) is 0. The molecule has 3 N–H and O–H groups in total. The van der Waals surface area contributed by atoms with Gasteiger partial charge in [0.25, 0.3) is 5.91 Å². The van der Waals surface area contributed by atoms with Gasteiger partial charge in [-0.2, -0.15) is 0 Å². The Hall–Kier alpha value is -2.15. The number of nitrogen functional groups attached to an aromatic ring is 1. The van der Waals surface area contributed by atoms with Crippen molar-refractivity contribution in [2.45, 2.75) is 26.3 Å². The van der Waals surface area contributed by atoms with Crippen LogP contribution in [-0.2, 0) is 6.54 Å². The zero-order chi connectivity index (χ0) is 15.4. The highest BCUT2D eigenvalue weighted by Gasteiger charge is 2.18. The average Bonchev–Trinajstić information content (AvgIpc) is 2.94. The van der Waals surface area contributed by atoms with Gasteiger partial charge in [-0.05, 0) is 35.6 Å². The maximum atomic E-state index is 12.2. The second-order valence-corrected chi connectivity index (χ2v) is 5.65. The minimum absolute atomic E-state index is 0.159. The van der Waals surface area contributed by atoms with E-state index in [0.717, 1.165) is 22.8 Å². The summed E-state index contributed by atoms with van der Waals surface area (Å²) in [5, 5.41) is 6.86. The topological polar surface area (TPSA) is 90.1 Å². The first-order valence-corrected chi connectivity index (χ1v) is 7.33. The first kappa shape index (κ1) is 15.2. The van der Waals surface area contributed by atoms with E-state index in [-0.39, 0.29) is 11.8 Å². The summed E-state index contributed by atoms with van der Waals surface area (Å²) in [6.45, 7) is 4.30. The fourth-order valence-electron chi connectivity index (χ4n) is 1.93. The van der Waals surface area contributed by atoms with Crippen LogP contribution in [-0.4, -0.2) is 22.6 Å². The zero-order valence-corrected chi connectivity index (χ0v) is 13.0. The van der Waals surface area contributed by atoms with E-state index in [0.29, 0.717) is 22.9 Å². The molecule has 0 saturated heterocycles. The van der Waals surface area contributed by atoms with Crippen LogP contribution < -0.4 is 15.8 Å². The number of carbonyl (C=O) groups is 1. The molecule has 21 heavy (non-hydrogen) atoms. The number of methoxy groups -OCH3 is 1. The van der Waals surface area contributed by atoms with E-state index in [1.54, 1.807) is 25.3 Å². The molecule has 6 nitrogen and oxygen atoms in total. The Balaban J connectivity index is 2.11. The van der Waals surface area contributed by atoms with Crippen LogP contribution in [0.1, 0.15) is 40.7 Å². The van der Waals surface area contributed by atoms with Crippen molar-refractivity contribution >= 4 is 23.1 Å². The number of aromatic nitrogens is 2. The molecule has 1 amide bonds. The van der Waals surface area contributed by atoms with E-state index in [4.69, 9.17) is 10.5 Å². The molecule has 0 aliphatic rings. The van der Waals surface area contributed by atoms with Crippen molar-refractivity contribution in [2.75, 3.05) is 12.8 Å². The highest BCUT2D eigenvalue weighted by molar-refractivity contribution is 7.08. The molecule has 2 aromatic rings. The van der Waals surface area contributed by atoms with E-state index < -0.39 is 0 Å². The Morgan fingerprint density at radius 3 is 2.90 bits per heavy atom. The number of hydrogen-bond donors (Lipinski definition) is 2. The second-order valence-electron chi connectivity index (χ2n) is 4.90. The largest absolute Gasteiger partial charge is 0.496 e. The summed E-state index contributed by atoms with van der Waals surface area (Å²) >= 11 is 1.11. The standard InChI is InChI=1S/C14H18N4O2S/c1-8(2)12-13(21-18-17-12)14(19)16-7-9-6-10(15)4-5-11(9)20-3/h4-6,8H,7,15H2,1-3H3,(H,16,19). The van der Waals surface area contributed by atoms with Crippen LogP contribution in [0, 0.1) is 0 Å². The van der Waals surface area contributed by atoms with Crippen molar-refractivity contribution in [1.29, 1.82) is 0 Å². The van der Waals surface area contributed by atoms with Crippen molar-refractivity contribution in [2.24, 2.45) is 0 Å². The predicted octanol–water partition coefficient (Wildman–Crippen LogP) is 2.18. The molecule has 1 heterocycles. The van der Waals surface area contributed by atoms with Crippen LogP contribution in [0.4, 0.5) is 5.69 Å². The molecule has 112 valence electrons. The molecule has 0 atom stereocenters. The van der Waals surface area contributed by atoms with E-state index in [1.807, 2.05) is 13.8 Å². The number of ether oxygens (including phenoxy) is 1. The van der Waals surface area contributed by atoms with Crippen molar-refractivity contribution < 1.29 is 9.53 Å². The molecule has 0 spiro atoms. The number of hydrogen-bond acceptors (Lipinski definition) is 6. The van der Waals surface area contributed by atoms with Crippen LogP contribution in [0.15, 0.2) is 18.2 Å². The molecule has 7 heteroatoms. The van der Waals surface area contributed by atoms with Gasteiger partial charge in [0.1, 0.15) is 10.6 Å². The third-order valence-electron chi connectivity index (χ3n) is 3.01. The number of benzene rings is 1. The smallest absolute Gasteiger partial charge is 0.265 e. The molecule has 1 aromatic carbocycles. The number of nitrogens with one attached hydrogen (secondary N) is 1. The van der Waals surface area contributed by atoms with Gasteiger partial charge < -0.3 is 15.8 Å². The zero-order valence-electron chi connectivity index (χ0n) is 12.2. The molecule has 0 bridgehead atoms. The number of anilines is 1. The Morgan fingerprint density at radius 1 is 1.48 bits per heavy atom. The first-order chi connectivity index (χ1) is 10.0. The molecule has 0 aliphatic heterocycles. The molecule has 0 radical (unpaired) electrons. The first-order valence-electron chi connectivity index (χ1n) is 6.55. The fourth-order valence-corrected chi connectivity index (χ4v) is 2.66. The highest BCUT2D eigenvalue weighted by atomic mass is 32.1. The lowest BCUT2D eigenvalue weighted by Crippen LogP contribution is -2.23. The Morgan fingerprint density at radius 2 is 2.24 bits per heavy atom. The van der Waals surface area contributed by atoms with Crippen molar-refractivity contribution in [3.8, 4) is 5.75 Å². The Labute approximate surface area is 127 Å². The maximum absolute atomic E-state index is 12.2. The van der Waals surface area contributed by atoms with Gasteiger partial charge in [-0.25, -0.2) is 0 Å². The summed E-state index contributed by atoms with van der Waals surface area (Å²) < 4.78 is 9.11. The molecule has 2 rings (SSSR count).